The zero-order valence-corrected chi connectivity index (χ0v) is 11.9. The number of hydrogen-bond donors (Lipinski definition) is 1. The highest BCUT2D eigenvalue weighted by Crippen LogP contribution is 2.29. The largest absolute Gasteiger partial charge is 0.392 e. The maximum atomic E-state index is 9.60. The Morgan fingerprint density at radius 1 is 1.42 bits per heavy atom. The molecule has 1 saturated heterocycles. The molecule has 100 valence electrons. The number of aliphatic hydroxyl groups excluding tert-OH is 1. The molecular weight excluding hydrogens is 256 g/mol. The number of fused-ring (bicyclic) bond motifs is 1. The quantitative estimate of drug-likeness (QED) is 0.933. The number of benzene rings is 1. The van der Waals surface area contributed by atoms with Gasteiger partial charge in [0.2, 0.25) is 0 Å². The molecular formula is C15H18N2OS. The Balaban J connectivity index is 2.05. The molecule has 2 heterocycles. The molecule has 0 radical (unpaired) electrons. The molecule has 3 rings (SSSR count). The number of anilines is 1. The summed E-state index contributed by atoms with van der Waals surface area (Å²) in [7, 11) is 2.09. The standard InChI is InChI=1S/C15H18N2OS/c1-17(13-6-7-19-10-13)15-12(9-18)8-11-4-2-3-5-14(11)16-15/h2-5,8,13,18H,6-7,9-10H2,1H3. The van der Waals surface area contributed by atoms with E-state index in [2.05, 4.69) is 18.0 Å². The lowest BCUT2D eigenvalue weighted by Gasteiger charge is -2.27. The van der Waals surface area contributed by atoms with E-state index in [1.807, 2.05) is 36.0 Å². The van der Waals surface area contributed by atoms with Crippen LogP contribution in [-0.4, -0.2) is 34.7 Å². The average molecular weight is 274 g/mol. The Kier molecular flexibility index (Phi) is 3.62. The van der Waals surface area contributed by atoms with Gasteiger partial charge in [-0.15, -0.1) is 0 Å². The third-order valence-corrected chi connectivity index (χ3v) is 4.88. The third kappa shape index (κ3) is 2.42. The minimum atomic E-state index is 0.0391. The van der Waals surface area contributed by atoms with Crippen molar-refractivity contribution in [3.63, 3.8) is 0 Å². The van der Waals surface area contributed by atoms with Crippen LogP contribution in [-0.2, 0) is 6.61 Å². The second-order valence-corrected chi connectivity index (χ2v) is 6.10. The number of pyridine rings is 1. The summed E-state index contributed by atoms with van der Waals surface area (Å²) in [4.78, 5) is 6.98. The maximum Gasteiger partial charge on any atom is 0.134 e. The predicted octanol–water partition coefficient (Wildman–Crippen LogP) is 2.67. The van der Waals surface area contributed by atoms with Crippen molar-refractivity contribution in [2.75, 3.05) is 23.5 Å². The van der Waals surface area contributed by atoms with E-state index in [1.54, 1.807) is 0 Å². The van der Waals surface area contributed by atoms with Gasteiger partial charge in [-0.3, -0.25) is 0 Å². The van der Waals surface area contributed by atoms with E-state index in [0.717, 1.165) is 28.0 Å². The van der Waals surface area contributed by atoms with Gasteiger partial charge in [-0.2, -0.15) is 11.8 Å². The number of thioether (sulfide) groups is 1. The lowest BCUT2D eigenvalue weighted by atomic mass is 10.1. The van der Waals surface area contributed by atoms with E-state index in [4.69, 9.17) is 4.98 Å². The van der Waals surface area contributed by atoms with Gasteiger partial charge < -0.3 is 10.0 Å². The first kappa shape index (κ1) is 12.8. The number of rotatable bonds is 3. The first-order valence-corrected chi connectivity index (χ1v) is 7.75. The van der Waals surface area contributed by atoms with E-state index < -0.39 is 0 Å². The van der Waals surface area contributed by atoms with Gasteiger partial charge in [0.05, 0.1) is 12.1 Å². The van der Waals surface area contributed by atoms with Gasteiger partial charge in [-0.05, 0) is 24.3 Å². The van der Waals surface area contributed by atoms with Gasteiger partial charge in [-0.25, -0.2) is 4.98 Å². The van der Waals surface area contributed by atoms with Gasteiger partial charge in [0.1, 0.15) is 5.82 Å². The molecule has 1 N–H and O–H groups in total. The van der Waals surface area contributed by atoms with Gasteiger partial charge in [-0.1, -0.05) is 18.2 Å². The van der Waals surface area contributed by atoms with Crippen LogP contribution in [0.1, 0.15) is 12.0 Å². The number of aliphatic hydroxyl groups is 1. The molecule has 1 aliphatic heterocycles. The van der Waals surface area contributed by atoms with Crippen LogP contribution in [0.25, 0.3) is 10.9 Å². The first-order chi connectivity index (χ1) is 9.29. The van der Waals surface area contributed by atoms with E-state index in [0.29, 0.717) is 6.04 Å². The summed E-state index contributed by atoms with van der Waals surface area (Å²) in [5, 5.41) is 10.7. The van der Waals surface area contributed by atoms with Crippen molar-refractivity contribution >= 4 is 28.5 Å². The van der Waals surface area contributed by atoms with Crippen LogP contribution in [0.4, 0.5) is 5.82 Å². The summed E-state index contributed by atoms with van der Waals surface area (Å²) in [6, 6.07) is 10.7. The molecule has 3 nitrogen and oxygen atoms in total. The molecule has 1 aliphatic rings. The van der Waals surface area contributed by atoms with Crippen LogP contribution in [0.15, 0.2) is 30.3 Å². The molecule has 4 heteroatoms. The van der Waals surface area contributed by atoms with E-state index in [9.17, 15) is 5.11 Å². The van der Waals surface area contributed by atoms with Crippen molar-refractivity contribution in [1.82, 2.24) is 4.98 Å². The van der Waals surface area contributed by atoms with Crippen LogP contribution in [0.3, 0.4) is 0 Å². The Morgan fingerprint density at radius 2 is 2.26 bits per heavy atom. The van der Waals surface area contributed by atoms with Crippen molar-refractivity contribution in [3.05, 3.63) is 35.9 Å². The highest BCUT2D eigenvalue weighted by molar-refractivity contribution is 7.99. The summed E-state index contributed by atoms with van der Waals surface area (Å²) in [5.41, 5.74) is 1.91. The zero-order chi connectivity index (χ0) is 13.2. The summed E-state index contributed by atoms with van der Waals surface area (Å²) in [6.45, 7) is 0.0391. The topological polar surface area (TPSA) is 36.4 Å². The maximum absolute atomic E-state index is 9.60. The van der Waals surface area contributed by atoms with Crippen molar-refractivity contribution in [3.8, 4) is 0 Å². The highest BCUT2D eigenvalue weighted by atomic mass is 32.2. The van der Waals surface area contributed by atoms with Crippen LogP contribution < -0.4 is 4.90 Å². The lowest BCUT2D eigenvalue weighted by Crippen LogP contribution is -2.32. The van der Waals surface area contributed by atoms with Crippen molar-refractivity contribution in [2.24, 2.45) is 0 Å². The van der Waals surface area contributed by atoms with Crippen LogP contribution in [0.2, 0.25) is 0 Å². The number of nitrogens with zero attached hydrogens (tertiary/aromatic N) is 2. The minimum absolute atomic E-state index is 0.0391. The molecule has 0 amide bonds. The molecule has 0 aliphatic carbocycles. The van der Waals surface area contributed by atoms with Crippen molar-refractivity contribution in [1.29, 1.82) is 0 Å². The minimum Gasteiger partial charge on any atom is -0.392 e. The van der Waals surface area contributed by atoms with Crippen molar-refractivity contribution in [2.45, 2.75) is 19.1 Å². The Hall–Kier alpha value is -1.26. The fraction of sp³-hybridized carbons (Fsp3) is 0.400. The molecule has 19 heavy (non-hydrogen) atoms. The van der Waals surface area contributed by atoms with E-state index >= 15 is 0 Å². The van der Waals surface area contributed by atoms with E-state index in [-0.39, 0.29) is 6.61 Å². The van der Waals surface area contributed by atoms with E-state index in [1.165, 1.54) is 12.2 Å². The van der Waals surface area contributed by atoms with Gasteiger partial charge in [0, 0.05) is 29.8 Å². The zero-order valence-electron chi connectivity index (χ0n) is 11.0. The number of aromatic nitrogens is 1. The van der Waals surface area contributed by atoms with Gasteiger partial charge in [0.15, 0.2) is 0 Å². The molecule has 0 bridgehead atoms. The Bertz CT molecular complexity index is 581. The summed E-state index contributed by atoms with van der Waals surface area (Å²) in [6.07, 6.45) is 1.19. The first-order valence-electron chi connectivity index (χ1n) is 6.59. The fourth-order valence-electron chi connectivity index (χ4n) is 2.57. The smallest absolute Gasteiger partial charge is 0.134 e. The van der Waals surface area contributed by atoms with Gasteiger partial charge in [0.25, 0.3) is 0 Å². The average Bonchev–Trinajstić information content (AvgIpc) is 2.99. The second-order valence-electron chi connectivity index (χ2n) is 4.95. The Labute approximate surface area is 117 Å². The fourth-order valence-corrected chi connectivity index (χ4v) is 3.84. The normalized spacial score (nSPS) is 18.9. The number of para-hydroxylation sites is 1. The molecule has 2 aromatic rings. The monoisotopic (exact) mass is 274 g/mol. The number of hydrogen-bond acceptors (Lipinski definition) is 4. The highest BCUT2D eigenvalue weighted by Gasteiger charge is 2.23. The molecule has 1 aromatic heterocycles. The Morgan fingerprint density at radius 3 is 3.00 bits per heavy atom. The van der Waals surface area contributed by atoms with Gasteiger partial charge >= 0.3 is 0 Å². The van der Waals surface area contributed by atoms with Crippen molar-refractivity contribution < 1.29 is 5.11 Å². The molecule has 0 spiro atoms. The predicted molar refractivity (Wildman–Crippen MR) is 81.8 cm³/mol. The lowest BCUT2D eigenvalue weighted by molar-refractivity contribution is 0.281. The molecule has 1 atom stereocenters. The van der Waals surface area contributed by atoms with Crippen LogP contribution in [0, 0.1) is 0 Å². The van der Waals surface area contributed by atoms with Crippen LogP contribution in [0.5, 0.6) is 0 Å². The summed E-state index contributed by atoms with van der Waals surface area (Å²) < 4.78 is 0. The SMILES string of the molecule is CN(c1nc2ccccc2cc1CO)C1CCSC1. The molecule has 0 saturated carbocycles. The second kappa shape index (κ2) is 5.39. The summed E-state index contributed by atoms with van der Waals surface area (Å²) >= 11 is 1.99. The molecule has 1 aromatic carbocycles. The third-order valence-electron chi connectivity index (χ3n) is 3.74. The summed E-state index contributed by atoms with van der Waals surface area (Å²) in [5.74, 6) is 3.29. The van der Waals surface area contributed by atoms with Crippen LogP contribution >= 0.6 is 11.8 Å². The molecule has 1 unspecified atom stereocenters. The molecule has 1 fully saturated rings.